The van der Waals surface area contributed by atoms with Crippen LogP contribution in [0.5, 0.6) is 0 Å². The van der Waals surface area contributed by atoms with Crippen molar-refractivity contribution in [1.29, 1.82) is 0 Å². The number of nitrogens with two attached hydrogens (primary N) is 1. The van der Waals surface area contributed by atoms with Gasteiger partial charge < -0.3 is 15.8 Å². The van der Waals surface area contributed by atoms with Crippen LogP contribution in [0.1, 0.15) is 28.9 Å². The summed E-state index contributed by atoms with van der Waals surface area (Å²) in [6, 6.07) is 9.81. The number of carbonyl (C=O) groups excluding carboxylic acids is 2. The van der Waals surface area contributed by atoms with Crippen molar-refractivity contribution in [2.24, 2.45) is 0 Å². The van der Waals surface area contributed by atoms with E-state index in [2.05, 4.69) is 15.3 Å². The molecule has 0 aliphatic carbocycles. The first-order chi connectivity index (χ1) is 11.1. The van der Waals surface area contributed by atoms with E-state index in [0.717, 1.165) is 5.56 Å². The van der Waals surface area contributed by atoms with Gasteiger partial charge in [0.1, 0.15) is 0 Å². The molecule has 0 fully saturated rings. The van der Waals surface area contributed by atoms with Crippen LogP contribution in [0.4, 0.5) is 5.82 Å². The largest absolute Gasteiger partial charge is 0.451 e. The smallest absolute Gasteiger partial charge is 0.361 e. The Morgan fingerprint density at radius 3 is 2.61 bits per heavy atom. The lowest BCUT2D eigenvalue weighted by molar-refractivity contribution is -0.124. The van der Waals surface area contributed by atoms with E-state index in [0.29, 0.717) is 6.54 Å². The zero-order valence-electron chi connectivity index (χ0n) is 12.7. The molecule has 0 spiro atoms. The van der Waals surface area contributed by atoms with Gasteiger partial charge in [0, 0.05) is 18.9 Å². The molecule has 1 heterocycles. The molecular weight excluding hydrogens is 296 g/mol. The molecule has 0 aliphatic rings. The summed E-state index contributed by atoms with van der Waals surface area (Å²) in [6.07, 6.45) is 2.69. The molecule has 0 saturated heterocycles. The number of nitrogens with one attached hydrogen (secondary N) is 1. The first-order valence-electron chi connectivity index (χ1n) is 7.13. The van der Waals surface area contributed by atoms with E-state index in [4.69, 9.17) is 10.5 Å². The number of esters is 1. The number of hydrogen-bond donors (Lipinski definition) is 2. The SMILES string of the molecule is C[C@@H](CNC(=O)COC(=O)c1nccnc1N)c1ccccc1. The average Bonchev–Trinajstić information content (AvgIpc) is 2.58. The molecule has 1 aromatic carbocycles. The van der Waals surface area contributed by atoms with Crippen LogP contribution in [0.3, 0.4) is 0 Å². The van der Waals surface area contributed by atoms with Crippen LogP contribution in [-0.4, -0.2) is 35.0 Å². The first-order valence-corrected chi connectivity index (χ1v) is 7.13. The van der Waals surface area contributed by atoms with Gasteiger partial charge in [-0.3, -0.25) is 4.79 Å². The van der Waals surface area contributed by atoms with Crippen molar-refractivity contribution in [3.8, 4) is 0 Å². The van der Waals surface area contributed by atoms with E-state index in [1.54, 1.807) is 0 Å². The summed E-state index contributed by atoms with van der Waals surface area (Å²) in [5, 5.41) is 2.72. The lowest BCUT2D eigenvalue weighted by atomic mass is 10.0. The van der Waals surface area contributed by atoms with Gasteiger partial charge in [-0.1, -0.05) is 37.3 Å². The summed E-state index contributed by atoms with van der Waals surface area (Å²) in [5.41, 5.74) is 6.54. The molecule has 0 aliphatic heterocycles. The Morgan fingerprint density at radius 2 is 1.91 bits per heavy atom. The van der Waals surface area contributed by atoms with Gasteiger partial charge >= 0.3 is 5.97 Å². The number of carbonyl (C=O) groups is 2. The van der Waals surface area contributed by atoms with Crippen LogP contribution in [0, 0.1) is 0 Å². The van der Waals surface area contributed by atoms with Gasteiger partial charge in [-0.25, -0.2) is 14.8 Å². The number of amides is 1. The van der Waals surface area contributed by atoms with E-state index in [9.17, 15) is 9.59 Å². The Morgan fingerprint density at radius 1 is 1.22 bits per heavy atom. The van der Waals surface area contributed by atoms with Crippen molar-refractivity contribution >= 4 is 17.7 Å². The van der Waals surface area contributed by atoms with Crippen molar-refractivity contribution in [2.75, 3.05) is 18.9 Å². The molecule has 0 unspecified atom stereocenters. The minimum Gasteiger partial charge on any atom is -0.451 e. The van der Waals surface area contributed by atoms with Crippen molar-refractivity contribution in [1.82, 2.24) is 15.3 Å². The maximum Gasteiger partial charge on any atom is 0.361 e. The summed E-state index contributed by atoms with van der Waals surface area (Å²) < 4.78 is 4.88. The number of hydrogen-bond acceptors (Lipinski definition) is 6. The highest BCUT2D eigenvalue weighted by atomic mass is 16.5. The maximum atomic E-state index is 11.7. The summed E-state index contributed by atoms with van der Waals surface area (Å²) in [4.78, 5) is 31.0. The van der Waals surface area contributed by atoms with Gasteiger partial charge in [0.2, 0.25) is 0 Å². The van der Waals surface area contributed by atoms with Gasteiger partial charge in [0.25, 0.3) is 5.91 Å². The van der Waals surface area contributed by atoms with Crippen LogP contribution in [0.15, 0.2) is 42.7 Å². The molecule has 0 bridgehead atoms. The van der Waals surface area contributed by atoms with Gasteiger partial charge in [-0.2, -0.15) is 0 Å². The molecule has 2 aromatic rings. The first kappa shape index (κ1) is 16.4. The second-order valence-electron chi connectivity index (χ2n) is 4.98. The van der Waals surface area contributed by atoms with Crippen LogP contribution < -0.4 is 11.1 Å². The molecule has 1 aromatic heterocycles. The van der Waals surface area contributed by atoms with E-state index in [1.807, 2.05) is 37.3 Å². The van der Waals surface area contributed by atoms with Crippen LogP contribution >= 0.6 is 0 Å². The molecule has 3 N–H and O–H groups in total. The predicted octanol–water partition coefficient (Wildman–Crippen LogP) is 1.14. The molecule has 2 rings (SSSR count). The third-order valence-corrected chi connectivity index (χ3v) is 3.23. The maximum absolute atomic E-state index is 11.7. The lowest BCUT2D eigenvalue weighted by Gasteiger charge is -2.13. The normalized spacial score (nSPS) is 11.5. The fourth-order valence-electron chi connectivity index (χ4n) is 1.92. The molecule has 0 saturated carbocycles. The van der Waals surface area contributed by atoms with Crippen molar-refractivity contribution in [3.05, 3.63) is 54.0 Å². The van der Waals surface area contributed by atoms with Crippen molar-refractivity contribution < 1.29 is 14.3 Å². The monoisotopic (exact) mass is 314 g/mol. The number of nitrogens with zero attached hydrogens (tertiary/aromatic N) is 2. The predicted molar refractivity (Wildman–Crippen MR) is 84.6 cm³/mol. The zero-order valence-corrected chi connectivity index (χ0v) is 12.7. The molecule has 1 amide bonds. The van der Waals surface area contributed by atoms with Crippen molar-refractivity contribution in [2.45, 2.75) is 12.8 Å². The highest BCUT2D eigenvalue weighted by Gasteiger charge is 2.15. The number of ether oxygens (including phenoxy) is 1. The zero-order chi connectivity index (χ0) is 16.7. The Hall–Kier alpha value is -2.96. The second-order valence-corrected chi connectivity index (χ2v) is 4.98. The summed E-state index contributed by atoms with van der Waals surface area (Å²) >= 11 is 0. The molecule has 120 valence electrons. The Bertz CT molecular complexity index is 676. The van der Waals surface area contributed by atoms with E-state index in [1.165, 1.54) is 12.4 Å². The van der Waals surface area contributed by atoms with Crippen molar-refractivity contribution in [3.63, 3.8) is 0 Å². The topological polar surface area (TPSA) is 107 Å². The molecule has 7 heteroatoms. The van der Waals surface area contributed by atoms with Gasteiger partial charge in [0.15, 0.2) is 18.1 Å². The summed E-state index contributed by atoms with van der Waals surface area (Å²) in [6.45, 7) is 2.06. The highest BCUT2D eigenvalue weighted by molar-refractivity contribution is 5.93. The molecule has 0 radical (unpaired) electrons. The van der Waals surface area contributed by atoms with Gasteiger partial charge in [-0.15, -0.1) is 0 Å². The highest BCUT2D eigenvalue weighted by Crippen LogP contribution is 2.12. The molecule has 7 nitrogen and oxygen atoms in total. The molecular formula is C16H18N4O3. The minimum atomic E-state index is -0.776. The third kappa shape index (κ3) is 4.77. The number of anilines is 1. The van der Waals surface area contributed by atoms with Gasteiger partial charge in [0.05, 0.1) is 0 Å². The number of aromatic nitrogens is 2. The third-order valence-electron chi connectivity index (χ3n) is 3.23. The standard InChI is InChI=1S/C16H18N4O3/c1-11(12-5-3-2-4-6-12)9-20-13(21)10-23-16(22)14-15(17)19-8-7-18-14/h2-8,11H,9-10H2,1H3,(H2,17,19)(H,20,21)/t11-/m0/s1. The number of benzene rings is 1. The summed E-state index contributed by atoms with van der Waals surface area (Å²) in [5.74, 6) is -1.03. The van der Waals surface area contributed by atoms with Crippen LogP contribution in [-0.2, 0) is 9.53 Å². The number of rotatable bonds is 6. The second kappa shape index (κ2) is 7.88. The Balaban J connectivity index is 1.77. The fourth-order valence-corrected chi connectivity index (χ4v) is 1.92. The molecule has 1 atom stereocenters. The van der Waals surface area contributed by atoms with Crippen LogP contribution in [0.25, 0.3) is 0 Å². The van der Waals surface area contributed by atoms with E-state index < -0.39 is 12.6 Å². The van der Waals surface area contributed by atoms with Gasteiger partial charge in [-0.05, 0) is 11.5 Å². The average molecular weight is 314 g/mol. The van der Waals surface area contributed by atoms with E-state index in [-0.39, 0.29) is 23.3 Å². The Labute approximate surface area is 133 Å². The van der Waals surface area contributed by atoms with E-state index >= 15 is 0 Å². The minimum absolute atomic E-state index is 0.0318. The number of nitrogen functional groups attached to an aromatic ring is 1. The fraction of sp³-hybridized carbons (Fsp3) is 0.250. The lowest BCUT2D eigenvalue weighted by Crippen LogP contribution is -2.32. The molecule has 23 heavy (non-hydrogen) atoms. The Kier molecular flexibility index (Phi) is 5.62. The quantitative estimate of drug-likeness (QED) is 0.774. The summed E-state index contributed by atoms with van der Waals surface area (Å²) in [7, 11) is 0. The van der Waals surface area contributed by atoms with Crippen LogP contribution in [0.2, 0.25) is 0 Å².